The summed E-state index contributed by atoms with van der Waals surface area (Å²) in [4.78, 5) is 24.3. The summed E-state index contributed by atoms with van der Waals surface area (Å²) >= 11 is 0. The van der Waals surface area contributed by atoms with Crippen LogP contribution in [-0.4, -0.2) is 53.3 Å². The van der Waals surface area contributed by atoms with Crippen molar-refractivity contribution in [3.8, 4) is 0 Å². The summed E-state index contributed by atoms with van der Waals surface area (Å²) in [7, 11) is 0. The molecule has 2 N–H and O–H groups in total. The van der Waals surface area contributed by atoms with Gasteiger partial charge in [-0.3, -0.25) is 4.79 Å². The molecule has 0 radical (unpaired) electrons. The fraction of sp³-hybridized carbons (Fsp3) is 0.818. The average Bonchev–Trinajstić information content (AvgIpc) is 2.14. The second kappa shape index (κ2) is 5.35. The molecule has 0 aromatic rings. The number of urea groups is 1. The molecule has 1 fully saturated rings. The number of carbonyl (C=O) groups excluding carboxylic acids is 1. The molecule has 1 heterocycles. The zero-order valence-corrected chi connectivity index (χ0v) is 10.5. The van der Waals surface area contributed by atoms with Crippen molar-refractivity contribution in [1.82, 2.24) is 10.2 Å². The Bertz CT molecular complexity index is 304. The predicted molar refractivity (Wildman–Crippen MR) is 61.9 cm³/mol. The van der Waals surface area contributed by atoms with Crippen LogP contribution in [-0.2, 0) is 9.53 Å². The SMILES string of the molecule is CC1COCCN1C(=O)NC(C)(C)CC(=O)O. The molecule has 2 amide bonds. The quantitative estimate of drug-likeness (QED) is 0.764. The first-order valence-corrected chi connectivity index (χ1v) is 5.70. The van der Waals surface area contributed by atoms with Gasteiger partial charge in [-0.05, 0) is 20.8 Å². The molecule has 0 aromatic carbocycles. The van der Waals surface area contributed by atoms with Crippen molar-refractivity contribution in [3.05, 3.63) is 0 Å². The molecule has 6 heteroatoms. The molecule has 98 valence electrons. The van der Waals surface area contributed by atoms with Crippen molar-refractivity contribution in [2.45, 2.75) is 38.8 Å². The second-order valence-electron chi connectivity index (χ2n) is 5.00. The number of hydrogen-bond acceptors (Lipinski definition) is 3. The largest absolute Gasteiger partial charge is 0.481 e. The summed E-state index contributed by atoms with van der Waals surface area (Å²) in [5, 5.41) is 11.5. The Labute approximate surface area is 101 Å². The number of carboxylic acids is 1. The van der Waals surface area contributed by atoms with Crippen molar-refractivity contribution in [1.29, 1.82) is 0 Å². The number of morpholine rings is 1. The topological polar surface area (TPSA) is 78.9 Å². The predicted octanol–water partition coefficient (Wildman–Crippen LogP) is 0.670. The third kappa shape index (κ3) is 4.22. The van der Waals surface area contributed by atoms with Crippen LogP contribution in [0.4, 0.5) is 4.79 Å². The van der Waals surface area contributed by atoms with Gasteiger partial charge in [-0.25, -0.2) is 4.79 Å². The zero-order valence-electron chi connectivity index (χ0n) is 10.5. The zero-order chi connectivity index (χ0) is 13.1. The average molecular weight is 244 g/mol. The maximum Gasteiger partial charge on any atom is 0.318 e. The van der Waals surface area contributed by atoms with E-state index < -0.39 is 11.5 Å². The molecular weight excluding hydrogens is 224 g/mol. The lowest BCUT2D eigenvalue weighted by Gasteiger charge is -2.36. The van der Waals surface area contributed by atoms with Crippen LogP contribution in [0, 0.1) is 0 Å². The van der Waals surface area contributed by atoms with Gasteiger partial charge in [0.2, 0.25) is 0 Å². The molecule has 1 unspecified atom stereocenters. The minimum atomic E-state index is -0.926. The van der Waals surface area contributed by atoms with Crippen LogP contribution in [0.2, 0.25) is 0 Å². The van der Waals surface area contributed by atoms with Crippen molar-refractivity contribution in [2.75, 3.05) is 19.8 Å². The third-order valence-electron chi connectivity index (χ3n) is 2.67. The molecule has 0 bridgehead atoms. The van der Waals surface area contributed by atoms with E-state index in [4.69, 9.17) is 9.84 Å². The third-order valence-corrected chi connectivity index (χ3v) is 2.67. The highest BCUT2D eigenvalue weighted by atomic mass is 16.5. The van der Waals surface area contributed by atoms with Crippen LogP contribution in [0.3, 0.4) is 0 Å². The normalized spacial score (nSPS) is 21.1. The lowest BCUT2D eigenvalue weighted by Crippen LogP contribution is -2.56. The van der Waals surface area contributed by atoms with E-state index in [-0.39, 0.29) is 18.5 Å². The molecular formula is C11H20N2O4. The van der Waals surface area contributed by atoms with Crippen LogP contribution in [0.5, 0.6) is 0 Å². The van der Waals surface area contributed by atoms with Crippen LogP contribution in [0.25, 0.3) is 0 Å². The van der Waals surface area contributed by atoms with E-state index in [9.17, 15) is 9.59 Å². The van der Waals surface area contributed by atoms with Crippen LogP contribution in [0.15, 0.2) is 0 Å². The Kier molecular flexibility index (Phi) is 4.34. The van der Waals surface area contributed by atoms with Gasteiger partial charge in [0.05, 0.1) is 25.7 Å². The van der Waals surface area contributed by atoms with Gasteiger partial charge in [0.25, 0.3) is 0 Å². The van der Waals surface area contributed by atoms with E-state index in [0.717, 1.165) is 0 Å². The van der Waals surface area contributed by atoms with Gasteiger partial charge in [0.1, 0.15) is 0 Å². The molecule has 0 aliphatic carbocycles. The van der Waals surface area contributed by atoms with E-state index in [0.29, 0.717) is 19.8 Å². The summed E-state index contributed by atoms with van der Waals surface area (Å²) in [5.74, 6) is -0.926. The first-order valence-electron chi connectivity index (χ1n) is 5.70. The minimum absolute atomic E-state index is 0.0179. The summed E-state index contributed by atoms with van der Waals surface area (Å²) in [6.45, 7) is 6.89. The molecule has 0 spiro atoms. The lowest BCUT2D eigenvalue weighted by atomic mass is 10.0. The molecule has 6 nitrogen and oxygen atoms in total. The molecule has 0 aromatic heterocycles. The highest BCUT2D eigenvalue weighted by Gasteiger charge is 2.29. The van der Waals surface area contributed by atoms with Crippen molar-refractivity contribution >= 4 is 12.0 Å². The molecule has 1 aliphatic heterocycles. The van der Waals surface area contributed by atoms with Gasteiger partial charge < -0.3 is 20.1 Å². The van der Waals surface area contributed by atoms with E-state index in [2.05, 4.69) is 5.32 Å². The minimum Gasteiger partial charge on any atom is -0.481 e. The molecule has 1 rings (SSSR count). The standard InChI is InChI=1S/C11H20N2O4/c1-8-7-17-5-4-13(8)10(16)12-11(2,3)6-9(14)15/h8H,4-7H2,1-3H3,(H,12,16)(H,14,15). The number of hydrogen-bond donors (Lipinski definition) is 2. The molecule has 1 atom stereocenters. The van der Waals surface area contributed by atoms with E-state index in [1.165, 1.54) is 0 Å². The molecule has 0 saturated carbocycles. The van der Waals surface area contributed by atoms with Gasteiger partial charge in [0.15, 0.2) is 0 Å². The van der Waals surface area contributed by atoms with Crippen molar-refractivity contribution in [2.24, 2.45) is 0 Å². The number of nitrogens with zero attached hydrogens (tertiary/aromatic N) is 1. The summed E-state index contributed by atoms with van der Waals surface area (Å²) in [5.41, 5.74) is -0.749. The molecule has 1 saturated heterocycles. The molecule has 17 heavy (non-hydrogen) atoms. The Morgan fingerprint density at radius 1 is 1.53 bits per heavy atom. The second-order valence-corrected chi connectivity index (χ2v) is 5.00. The van der Waals surface area contributed by atoms with Crippen LogP contribution in [0.1, 0.15) is 27.2 Å². The highest BCUT2D eigenvalue weighted by Crippen LogP contribution is 2.12. The summed E-state index contributed by atoms with van der Waals surface area (Å²) < 4.78 is 5.24. The Morgan fingerprint density at radius 2 is 2.18 bits per heavy atom. The van der Waals surface area contributed by atoms with Gasteiger partial charge in [-0.1, -0.05) is 0 Å². The first kappa shape index (κ1) is 13.8. The fourth-order valence-electron chi connectivity index (χ4n) is 1.81. The number of carbonyl (C=O) groups is 2. The fourth-order valence-corrected chi connectivity index (χ4v) is 1.81. The monoisotopic (exact) mass is 244 g/mol. The van der Waals surface area contributed by atoms with Gasteiger partial charge in [-0.2, -0.15) is 0 Å². The summed E-state index contributed by atoms with van der Waals surface area (Å²) in [6, 6.07) is -0.212. The number of aliphatic carboxylic acids is 1. The smallest absolute Gasteiger partial charge is 0.318 e. The Hall–Kier alpha value is -1.30. The maximum absolute atomic E-state index is 12.0. The number of amides is 2. The maximum atomic E-state index is 12.0. The van der Waals surface area contributed by atoms with E-state index in [1.807, 2.05) is 6.92 Å². The Balaban J connectivity index is 2.55. The van der Waals surface area contributed by atoms with Crippen LogP contribution < -0.4 is 5.32 Å². The number of carboxylic acid groups (broad SMARTS) is 1. The number of nitrogens with one attached hydrogen (secondary N) is 1. The van der Waals surface area contributed by atoms with Gasteiger partial charge in [0, 0.05) is 12.1 Å². The van der Waals surface area contributed by atoms with Crippen LogP contribution >= 0.6 is 0 Å². The summed E-state index contributed by atoms with van der Waals surface area (Å²) in [6.07, 6.45) is -0.0997. The lowest BCUT2D eigenvalue weighted by molar-refractivity contribution is -0.138. The van der Waals surface area contributed by atoms with E-state index >= 15 is 0 Å². The Morgan fingerprint density at radius 3 is 2.71 bits per heavy atom. The van der Waals surface area contributed by atoms with E-state index in [1.54, 1.807) is 18.7 Å². The first-order chi connectivity index (χ1) is 7.82. The van der Waals surface area contributed by atoms with Gasteiger partial charge >= 0.3 is 12.0 Å². The van der Waals surface area contributed by atoms with Crippen molar-refractivity contribution in [3.63, 3.8) is 0 Å². The van der Waals surface area contributed by atoms with Crippen molar-refractivity contribution < 1.29 is 19.4 Å². The van der Waals surface area contributed by atoms with Gasteiger partial charge in [-0.15, -0.1) is 0 Å². The molecule has 1 aliphatic rings. The highest BCUT2D eigenvalue weighted by molar-refractivity contribution is 5.77. The number of rotatable bonds is 3. The number of ether oxygens (including phenoxy) is 1.